The summed E-state index contributed by atoms with van der Waals surface area (Å²) in [6.45, 7) is 14.4. The summed E-state index contributed by atoms with van der Waals surface area (Å²) in [6, 6.07) is 0.499. The number of aryl methyl sites for hydroxylation is 1. The molecule has 1 heterocycles. The van der Waals surface area contributed by atoms with Crippen molar-refractivity contribution in [1.29, 1.82) is 0 Å². The highest BCUT2D eigenvalue weighted by Crippen LogP contribution is 2.28. The van der Waals surface area contributed by atoms with Crippen LogP contribution in [0.1, 0.15) is 50.9 Å². The van der Waals surface area contributed by atoms with E-state index in [2.05, 4.69) is 44.9 Å². The molecule has 21 heavy (non-hydrogen) atoms. The normalized spacial score (nSPS) is 14.3. The molecule has 0 saturated carbocycles. The van der Waals surface area contributed by atoms with Crippen LogP contribution >= 0.6 is 0 Å². The summed E-state index contributed by atoms with van der Waals surface area (Å²) in [7, 11) is 1.74. The van der Waals surface area contributed by atoms with Gasteiger partial charge < -0.3 is 10.1 Å². The second kappa shape index (κ2) is 8.38. The zero-order valence-corrected chi connectivity index (χ0v) is 14.8. The van der Waals surface area contributed by atoms with Crippen LogP contribution in [-0.2, 0) is 6.42 Å². The average Bonchev–Trinajstić information content (AvgIpc) is 2.44. The molecule has 1 aromatic rings. The maximum Gasteiger partial charge on any atom is 0.128 e. The number of methoxy groups -OCH3 is 1. The molecule has 3 heteroatoms. The summed E-state index contributed by atoms with van der Waals surface area (Å²) < 4.78 is 5.53. The molecule has 0 aliphatic carbocycles. The van der Waals surface area contributed by atoms with Crippen LogP contribution in [0.3, 0.4) is 0 Å². The van der Waals surface area contributed by atoms with Gasteiger partial charge in [0.25, 0.3) is 0 Å². The molecule has 2 atom stereocenters. The Morgan fingerprint density at radius 2 is 1.90 bits per heavy atom. The smallest absolute Gasteiger partial charge is 0.128 e. The number of hydrogen-bond acceptors (Lipinski definition) is 3. The van der Waals surface area contributed by atoms with Crippen LogP contribution in [0.25, 0.3) is 0 Å². The fourth-order valence-corrected chi connectivity index (χ4v) is 3.01. The predicted octanol–water partition coefficient (Wildman–Crippen LogP) is 3.91. The van der Waals surface area contributed by atoms with E-state index in [9.17, 15) is 0 Å². The Morgan fingerprint density at radius 1 is 1.24 bits per heavy atom. The summed E-state index contributed by atoms with van der Waals surface area (Å²) in [5, 5.41) is 3.63. The van der Waals surface area contributed by atoms with E-state index in [4.69, 9.17) is 4.74 Å². The summed E-state index contributed by atoms with van der Waals surface area (Å²) in [5.41, 5.74) is 3.46. The number of rotatable bonds is 8. The van der Waals surface area contributed by atoms with Crippen molar-refractivity contribution in [1.82, 2.24) is 10.3 Å². The number of ether oxygens (including phenoxy) is 1. The van der Waals surface area contributed by atoms with Crippen LogP contribution in [0, 0.1) is 25.7 Å². The molecule has 120 valence electrons. The second-order valence-electron chi connectivity index (χ2n) is 6.40. The van der Waals surface area contributed by atoms with Crippen molar-refractivity contribution < 1.29 is 4.74 Å². The third-order valence-electron chi connectivity index (χ3n) is 4.39. The molecule has 0 aliphatic heterocycles. The Bertz CT molecular complexity index is 443. The Labute approximate surface area is 130 Å². The highest BCUT2D eigenvalue weighted by molar-refractivity contribution is 5.41. The molecule has 0 radical (unpaired) electrons. The Kier molecular flexibility index (Phi) is 7.16. The molecule has 0 aromatic carbocycles. The molecule has 1 rings (SSSR count). The molecular weight excluding hydrogens is 260 g/mol. The van der Waals surface area contributed by atoms with Crippen molar-refractivity contribution in [2.45, 2.75) is 60.4 Å². The Morgan fingerprint density at radius 3 is 2.43 bits per heavy atom. The SMILES string of the molecule is CCCNC(C)C(Cc1ncc(C)c(OC)c1C)C(C)C. The predicted molar refractivity (Wildman–Crippen MR) is 90.1 cm³/mol. The lowest BCUT2D eigenvalue weighted by Gasteiger charge is -2.29. The van der Waals surface area contributed by atoms with Crippen LogP contribution in [0.2, 0.25) is 0 Å². The van der Waals surface area contributed by atoms with Gasteiger partial charge >= 0.3 is 0 Å². The van der Waals surface area contributed by atoms with Gasteiger partial charge in [-0.05, 0) is 52.0 Å². The molecule has 0 aliphatic rings. The summed E-state index contributed by atoms with van der Waals surface area (Å²) >= 11 is 0. The first-order valence-electron chi connectivity index (χ1n) is 8.14. The third kappa shape index (κ3) is 4.70. The van der Waals surface area contributed by atoms with Crippen molar-refractivity contribution in [3.63, 3.8) is 0 Å². The van der Waals surface area contributed by atoms with Gasteiger partial charge in [-0.2, -0.15) is 0 Å². The monoisotopic (exact) mass is 292 g/mol. The lowest BCUT2D eigenvalue weighted by molar-refractivity contribution is 0.286. The molecule has 1 aromatic heterocycles. The standard InChI is InChI=1S/C18H32N2O/c1-8-9-19-15(6)16(12(2)3)10-17-14(5)18(21-7)13(4)11-20-17/h11-12,15-16,19H,8-10H2,1-7H3. The van der Waals surface area contributed by atoms with Crippen LogP contribution in [-0.4, -0.2) is 24.7 Å². The van der Waals surface area contributed by atoms with E-state index in [-0.39, 0.29) is 0 Å². The second-order valence-corrected chi connectivity index (χ2v) is 6.40. The van der Waals surface area contributed by atoms with Gasteiger partial charge in [-0.25, -0.2) is 0 Å². The number of nitrogens with zero attached hydrogens (tertiary/aromatic N) is 1. The fraction of sp³-hybridized carbons (Fsp3) is 0.722. The first-order chi connectivity index (χ1) is 9.92. The molecule has 0 bridgehead atoms. The molecule has 3 nitrogen and oxygen atoms in total. The molecule has 1 N–H and O–H groups in total. The van der Waals surface area contributed by atoms with E-state index in [1.54, 1.807) is 7.11 Å². The first-order valence-corrected chi connectivity index (χ1v) is 8.14. The van der Waals surface area contributed by atoms with E-state index >= 15 is 0 Å². The molecule has 0 saturated heterocycles. The van der Waals surface area contributed by atoms with E-state index < -0.39 is 0 Å². The lowest BCUT2D eigenvalue weighted by atomic mass is 9.84. The van der Waals surface area contributed by atoms with Crippen LogP contribution in [0.4, 0.5) is 0 Å². The van der Waals surface area contributed by atoms with Crippen molar-refractivity contribution >= 4 is 0 Å². The Balaban J connectivity index is 2.94. The highest BCUT2D eigenvalue weighted by atomic mass is 16.5. The molecule has 0 fully saturated rings. The van der Waals surface area contributed by atoms with Gasteiger partial charge in [-0.1, -0.05) is 20.8 Å². The van der Waals surface area contributed by atoms with E-state index in [0.717, 1.165) is 24.3 Å². The molecule has 0 amide bonds. The van der Waals surface area contributed by atoms with Crippen LogP contribution < -0.4 is 10.1 Å². The quantitative estimate of drug-likeness (QED) is 0.789. The third-order valence-corrected chi connectivity index (χ3v) is 4.39. The van der Waals surface area contributed by atoms with Gasteiger partial charge in [-0.3, -0.25) is 4.98 Å². The number of pyridine rings is 1. The fourth-order valence-electron chi connectivity index (χ4n) is 3.01. The van der Waals surface area contributed by atoms with Crippen molar-refractivity contribution in [3.8, 4) is 5.75 Å². The van der Waals surface area contributed by atoms with Gasteiger partial charge in [0.1, 0.15) is 5.75 Å². The number of aromatic nitrogens is 1. The minimum atomic E-state index is 0.499. The molecule has 0 spiro atoms. The van der Waals surface area contributed by atoms with Gasteiger partial charge in [0, 0.05) is 29.1 Å². The Hall–Kier alpha value is -1.09. The van der Waals surface area contributed by atoms with E-state index in [0.29, 0.717) is 17.9 Å². The van der Waals surface area contributed by atoms with E-state index in [1.165, 1.54) is 17.7 Å². The number of nitrogens with one attached hydrogen (secondary N) is 1. The van der Waals surface area contributed by atoms with Gasteiger partial charge in [0.2, 0.25) is 0 Å². The molecule has 2 unspecified atom stereocenters. The lowest BCUT2D eigenvalue weighted by Crippen LogP contribution is -2.38. The van der Waals surface area contributed by atoms with Crippen molar-refractivity contribution in [2.24, 2.45) is 11.8 Å². The van der Waals surface area contributed by atoms with E-state index in [1.807, 2.05) is 13.1 Å². The number of hydrogen-bond donors (Lipinski definition) is 1. The maximum absolute atomic E-state index is 5.53. The zero-order chi connectivity index (χ0) is 16.0. The topological polar surface area (TPSA) is 34.2 Å². The van der Waals surface area contributed by atoms with Crippen LogP contribution in [0.5, 0.6) is 5.75 Å². The van der Waals surface area contributed by atoms with Gasteiger partial charge in [0.05, 0.1) is 7.11 Å². The maximum atomic E-state index is 5.53. The minimum absolute atomic E-state index is 0.499. The van der Waals surface area contributed by atoms with Crippen LogP contribution in [0.15, 0.2) is 6.20 Å². The first kappa shape index (κ1) is 18.0. The van der Waals surface area contributed by atoms with Crippen molar-refractivity contribution in [2.75, 3.05) is 13.7 Å². The highest BCUT2D eigenvalue weighted by Gasteiger charge is 2.23. The zero-order valence-electron chi connectivity index (χ0n) is 14.8. The summed E-state index contributed by atoms with van der Waals surface area (Å²) in [4.78, 5) is 4.66. The van der Waals surface area contributed by atoms with Gasteiger partial charge in [-0.15, -0.1) is 0 Å². The molecular formula is C18H32N2O. The summed E-state index contributed by atoms with van der Waals surface area (Å²) in [5.74, 6) is 2.18. The van der Waals surface area contributed by atoms with Gasteiger partial charge in [0.15, 0.2) is 0 Å². The van der Waals surface area contributed by atoms with Crippen molar-refractivity contribution in [3.05, 3.63) is 23.0 Å². The largest absolute Gasteiger partial charge is 0.496 e. The minimum Gasteiger partial charge on any atom is -0.496 e. The average molecular weight is 292 g/mol. The summed E-state index contributed by atoms with van der Waals surface area (Å²) in [6.07, 6.45) is 4.10.